The van der Waals surface area contributed by atoms with Crippen LogP contribution in [0.3, 0.4) is 0 Å². The van der Waals surface area contributed by atoms with Crippen molar-refractivity contribution in [3.05, 3.63) is 60.2 Å². The fourth-order valence-electron chi connectivity index (χ4n) is 2.02. The molecule has 0 heterocycles. The van der Waals surface area contributed by atoms with E-state index in [-0.39, 0.29) is 10.8 Å². The zero-order valence-corrected chi connectivity index (χ0v) is 14.8. The summed E-state index contributed by atoms with van der Waals surface area (Å²) in [6.45, 7) is 1.88. The number of nitrogens with one attached hydrogen (secondary N) is 2. The molecule has 0 aliphatic heterocycles. The van der Waals surface area contributed by atoms with Gasteiger partial charge in [0.15, 0.2) is 0 Å². The molecule has 2 aromatic rings. The minimum Gasteiger partial charge on any atom is -0.325 e. The highest BCUT2D eigenvalue weighted by atomic mass is 35.5. The van der Waals surface area contributed by atoms with Crippen molar-refractivity contribution in [2.24, 2.45) is 0 Å². The van der Waals surface area contributed by atoms with Crippen LogP contribution < -0.4 is 10.0 Å². The monoisotopic (exact) mass is 366 g/mol. The third-order valence-corrected chi connectivity index (χ3v) is 5.02. The predicted molar refractivity (Wildman–Crippen MR) is 95.7 cm³/mol. The predicted octanol–water partition coefficient (Wildman–Crippen LogP) is 2.77. The Kier molecular flexibility index (Phi) is 6.36. The van der Waals surface area contributed by atoms with Crippen LogP contribution in [0.4, 0.5) is 5.69 Å². The Morgan fingerprint density at radius 3 is 2.29 bits per heavy atom. The van der Waals surface area contributed by atoms with Crippen LogP contribution in [0.25, 0.3) is 0 Å². The van der Waals surface area contributed by atoms with E-state index in [2.05, 4.69) is 10.0 Å². The lowest BCUT2D eigenvalue weighted by molar-refractivity contribution is -0.115. The van der Waals surface area contributed by atoms with Crippen LogP contribution >= 0.6 is 11.6 Å². The van der Waals surface area contributed by atoms with Crippen molar-refractivity contribution in [3.63, 3.8) is 0 Å². The van der Waals surface area contributed by atoms with Crippen molar-refractivity contribution in [1.29, 1.82) is 0 Å². The fraction of sp³-hybridized carbons (Fsp3) is 0.235. The second-order valence-electron chi connectivity index (χ2n) is 5.26. The van der Waals surface area contributed by atoms with Crippen molar-refractivity contribution in [3.8, 4) is 0 Å². The minimum absolute atomic E-state index is 0.146. The third-order valence-electron chi connectivity index (χ3n) is 3.34. The Morgan fingerprint density at radius 2 is 1.71 bits per heavy atom. The molecule has 0 fully saturated rings. The maximum atomic E-state index is 12.2. The van der Waals surface area contributed by atoms with Gasteiger partial charge in [-0.1, -0.05) is 30.3 Å². The second-order valence-corrected chi connectivity index (χ2v) is 7.68. The maximum Gasteiger partial charge on any atom is 0.242 e. The van der Waals surface area contributed by atoms with Gasteiger partial charge in [0.1, 0.15) is 5.38 Å². The van der Waals surface area contributed by atoms with Crippen LogP contribution in [0.1, 0.15) is 12.5 Å². The van der Waals surface area contributed by atoms with Gasteiger partial charge in [0, 0.05) is 12.2 Å². The van der Waals surface area contributed by atoms with Gasteiger partial charge >= 0.3 is 0 Å². The summed E-state index contributed by atoms with van der Waals surface area (Å²) in [7, 11) is -3.58. The summed E-state index contributed by atoms with van der Waals surface area (Å²) in [5.41, 5.74) is 1.56. The van der Waals surface area contributed by atoms with Crippen molar-refractivity contribution < 1.29 is 13.2 Å². The van der Waals surface area contributed by atoms with Crippen LogP contribution in [0.15, 0.2) is 59.5 Å². The van der Waals surface area contributed by atoms with Gasteiger partial charge in [-0.25, -0.2) is 13.1 Å². The van der Waals surface area contributed by atoms with E-state index in [1.54, 1.807) is 6.92 Å². The summed E-state index contributed by atoms with van der Waals surface area (Å²) in [4.78, 5) is 11.6. The Morgan fingerprint density at radius 1 is 1.08 bits per heavy atom. The first kappa shape index (κ1) is 18.4. The number of anilines is 1. The number of rotatable bonds is 7. The Hall–Kier alpha value is -1.89. The molecule has 24 heavy (non-hydrogen) atoms. The van der Waals surface area contributed by atoms with Gasteiger partial charge in [0.2, 0.25) is 15.9 Å². The first-order valence-electron chi connectivity index (χ1n) is 7.47. The first-order valence-corrected chi connectivity index (χ1v) is 9.39. The van der Waals surface area contributed by atoms with Crippen molar-refractivity contribution in [2.45, 2.75) is 23.6 Å². The molecule has 1 amide bonds. The number of alkyl halides is 1. The fourth-order valence-corrected chi connectivity index (χ4v) is 3.10. The quantitative estimate of drug-likeness (QED) is 0.740. The first-order chi connectivity index (χ1) is 11.4. The summed E-state index contributed by atoms with van der Waals surface area (Å²) in [5, 5.41) is 1.94. The highest BCUT2D eigenvalue weighted by Crippen LogP contribution is 2.15. The Balaban J connectivity index is 1.95. The van der Waals surface area contributed by atoms with E-state index in [1.807, 2.05) is 30.3 Å². The average molecular weight is 367 g/mol. The zero-order valence-electron chi connectivity index (χ0n) is 13.2. The smallest absolute Gasteiger partial charge is 0.242 e. The number of halogens is 1. The van der Waals surface area contributed by atoms with Gasteiger partial charge < -0.3 is 5.32 Å². The minimum atomic E-state index is -3.58. The van der Waals surface area contributed by atoms with Gasteiger partial charge in [-0.15, -0.1) is 11.6 Å². The molecule has 0 aliphatic carbocycles. The van der Waals surface area contributed by atoms with E-state index in [1.165, 1.54) is 24.3 Å². The number of carbonyl (C=O) groups is 1. The molecule has 1 atom stereocenters. The number of hydrogen-bond donors (Lipinski definition) is 2. The number of carbonyl (C=O) groups excluding carboxylic acids is 1. The molecule has 7 heteroatoms. The van der Waals surface area contributed by atoms with Gasteiger partial charge in [0.25, 0.3) is 0 Å². The van der Waals surface area contributed by atoms with Crippen molar-refractivity contribution in [2.75, 3.05) is 11.9 Å². The van der Waals surface area contributed by atoms with E-state index in [4.69, 9.17) is 11.6 Å². The number of amides is 1. The molecule has 128 valence electrons. The maximum absolute atomic E-state index is 12.2. The summed E-state index contributed by atoms with van der Waals surface area (Å²) in [6.07, 6.45) is 0.613. The number of sulfonamides is 1. The number of hydrogen-bond acceptors (Lipinski definition) is 3. The summed E-state index contributed by atoms with van der Waals surface area (Å²) in [5.74, 6) is -0.340. The number of benzene rings is 2. The molecular formula is C17H19ClN2O3S. The zero-order chi connectivity index (χ0) is 17.6. The molecule has 0 saturated heterocycles. The van der Waals surface area contributed by atoms with Crippen LogP contribution in [-0.2, 0) is 21.2 Å². The highest BCUT2D eigenvalue weighted by molar-refractivity contribution is 7.89. The average Bonchev–Trinajstić information content (AvgIpc) is 2.56. The largest absolute Gasteiger partial charge is 0.325 e. The van der Waals surface area contributed by atoms with E-state index < -0.39 is 15.4 Å². The Bertz CT molecular complexity index is 775. The highest BCUT2D eigenvalue weighted by Gasteiger charge is 2.14. The molecule has 0 aliphatic rings. The van der Waals surface area contributed by atoms with Crippen molar-refractivity contribution >= 4 is 33.2 Å². The van der Waals surface area contributed by atoms with Gasteiger partial charge in [-0.05, 0) is 43.2 Å². The Labute approximate surface area is 147 Å². The molecule has 5 nitrogen and oxygen atoms in total. The van der Waals surface area contributed by atoms with E-state index >= 15 is 0 Å². The molecule has 0 saturated carbocycles. The molecule has 0 radical (unpaired) electrons. The van der Waals surface area contributed by atoms with E-state index in [0.29, 0.717) is 18.7 Å². The second kappa shape index (κ2) is 8.28. The van der Waals surface area contributed by atoms with Crippen LogP contribution in [-0.4, -0.2) is 26.2 Å². The third kappa shape index (κ3) is 5.33. The van der Waals surface area contributed by atoms with Gasteiger partial charge in [-0.3, -0.25) is 4.79 Å². The lowest BCUT2D eigenvalue weighted by Crippen LogP contribution is -2.26. The van der Waals surface area contributed by atoms with E-state index in [0.717, 1.165) is 5.56 Å². The normalized spacial score (nSPS) is 12.6. The van der Waals surface area contributed by atoms with Crippen LogP contribution in [0.5, 0.6) is 0 Å². The molecule has 2 rings (SSSR count). The van der Waals surface area contributed by atoms with Gasteiger partial charge in [-0.2, -0.15) is 0 Å². The molecular weight excluding hydrogens is 348 g/mol. The molecule has 0 unspecified atom stereocenters. The van der Waals surface area contributed by atoms with Crippen LogP contribution in [0.2, 0.25) is 0 Å². The van der Waals surface area contributed by atoms with E-state index in [9.17, 15) is 13.2 Å². The molecule has 2 N–H and O–H groups in total. The molecule has 0 bridgehead atoms. The van der Waals surface area contributed by atoms with Gasteiger partial charge in [0.05, 0.1) is 4.90 Å². The standard InChI is InChI=1S/C17H19ClN2O3S/c1-13(18)17(21)20-15-7-9-16(10-8-15)24(22,23)19-12-11-14-5-3-2-4-6-14/h2-10,13,19H,11-12H2,1H3,(H,20,21)/t13-/m1/s1. The summed E-state index contributed by atoms with van der Waals surface area (Å²) in [6, 6.07) is 15.6. The summed E-state index contributed by atoms with van der Waals surface area (Å²) < 4.78 is 27.1. The molecule has 0 aromatic heterocycles. The SMILES string of the molecule is C[C@@H](Cl)C(=O)Nc1ccc(S(=O)(=O)NCCc2ccccc2)cc1. The van der Waals surface area contributed by atoms with Crippen LogP contribution in [0, 0.1) is 0 Å². The molecule has 0 spiro atoms. The molecule has 2 aromatic carbocycles. The van der Waals surface area contributed by atoms with Crippen molar-refractivity contribution in [1.82, 2.24) is 4.72 Å². The lowest BCUT2D eigenvalue weighted by Gasteiger charge is -2.09. The topological polar surface area (TPSA) is 75.3 Å². The summed E-state index contributed by atoms with van der Waals surface area (Å²) >= 11 is 5.67. The lowest BCUT2D eigenvalue weighted by atomic mass is 10.2.